The number of pyridine rings is 1. The number of hydrogen-bond donors (Lipinski definition) is 1. The maximum atomic E-state index is 9.51. The van der Waals surface area contributed by atoms with Crippen molar-refractivity contribution in [1.82, 2.24) is 4.98 Å². The van der Waals surface area contributed by atoms with E-state index in [0.717, 1.165) is 24.5 Å². The summed E-state index contributed by atoms with van der Waals surface area (Å²) in [5.41, 5.74) is 0.823. The summed E-state index contributed by atoms with van der Waals surface area (Å²) in [4.78, 5) is 6.55. The molecule has 0 aliphatic heterocycles. The zero-order valence-corrected chi connectivity index (χ0v) is 12.7. The van der Waals surface area contributed by atoms with Gasteiger partial charge in [0, 0.05) is 32.5 Å². The SMILES string of the molecule is CCOCCN(CCOCC)c1ccc(C(C)O)cn1. The summed E-state index contributed by atoms with van der Waals surface area (Å²) in [5, 5.41) is 9.51. The van der Waals surface area contributed by atoms with Gasteiger partial charge in [-0.3, -0.25) is 0 Å². The van der Waals surface area contributed by atoms with E-state index in [2.05, 4.69) is 9.88 Å². The van der Waals surface area contributed by atoms with Crippen LogP contribution in [0.15, 0.2) is 18.3 Å². The Hall–Kier alpha value is -1.17. The van der Waals surface area contributed by atoms with Gasteiger partial charge in [-0.25, -0.2) is 4.98 Å². The number of hydrogen-bond acceptors (Lipinski definition) is 5. The van der Waals surface area contributed by atoms with Crippen LogP contribution in [0.2, 0.25) is 0 Å². The van der Waals surface area contributed by atoms with Crippen molar-refractivity contribution in [2.24, 2.45) is 0 Å². The van der Waals surface area contributed by atoms with Crippen molar-refractivity contribution in [3.8, 4) is 0 Å². The number of ether oxygens (including phenoxy) is 2. The maximum absolute atomic E-state index is 9.51. The van der Waals surface area contributed by atoms with Crippen LogP contribution in [0.3, 0.4) is 0 Å². The van der Waals surface area contributed by atoms with E-state index in [1.165, 1.54) is 0 Å². The van der Waals surface area contributed by atoms with Crippen molar-refractivity contribution < 1.29 is 14.6 Å². The molecule has 0 bridgehead atoms. The van der Waals surface area contributed by atoms with Crippen LogP contribution in [0, 0.1) is 0 Å². The number of nitrogens with zero attached hydrogens (tertiary/aromatic N) is 2. The van der Waals surface area contributed by atoms with Gasteiger partial charge in [0.1, 0.15) is 5.82 Å². The number of aliphatic hydroxyl groups is 1. The second-order valence-electron chi connectivity index (χ2n) is 4.51. The molecule has 0 radical (unpaired) electrons. The smallest absolute Gasteiger partial charge is 0.128 e. The molecule has 0 saturated heterocycles. The van der Waals surface area contributed by atoms with Crippen molar-refractivity contribution in [1.29, 1.82) is 0 Å². The summed E-state index contributed by atoms with van der Waals surface area (Å²) in [7, 11) is 0. The standard InChI is InChI=1S/C15H26N2O3/c1-4-19-10-8-17(9-11-20-5-2)15-7-6-14(12-16-15)13(3)18/h6-7,12-13,18H,4-5,8-11H2,1-3H3. The highest BCUT2D eigenvalue weighted by molar-refractivity contribution is 5.39. The molecule has 0 aliphatic rings. The molecule has 1 N–H and O–H groups in total. The molecule has 0 spiro atoms. The molecule has 1 aromatic heterocycles. The third-order valence-electron chi connectivity index (χ3n) is 3.00. The lowest BCUT2D eigenvalue weighted by atomic mass is 10.2. The first-order chi connectivity index (χ1) is 9.69. The Balaban J connectivity index is 2.64. The average Bonchev–Trinajstić information content (AvgIpc) is 2.46. The van der Waals surface area contributed by atoms with Gasteiger partial charge in [-0.2, -0.15) is 0 Å². The van der Waals surface area contributed by atoms with Crippen LogP contribution in [0.1, 0.15) is 32.4 Å². The van der Waals surface area contributed by atoms with Crippen molar-refractivity contribution >= 4 is 5.82 Å². The van der Waals surface area contributed by atoms with Crippen molar-refractivity contribution in [3.05, 3.63) is 23.9 Å². The quantitative estimate of drug-likeness (QED) is 0.665. The highest BCUT2D eigenvalue weighted by Gasteiger charge is 2.09. The molecule has 0 amide bonds. The van der Waals surface area contributed by atoms with Gasteiger partial charge in [-0.1, -0.05) is 6.07 Å². The normalized spacial score (nSPS) is 12.4. The van der Waals surface area contributed by atoms with E-state index in [4.69, 9.17) is 9.47 Å². The first kappa shape index (κ1) is 16.9. The van der Waals surface area contributed by atoms with Gasteiger partial charge >= 0.3 is 0 Å². The fourth-order valence-electron chi connectivity index (χ4n) is 1.81. The second kappa shape index (κ2) is 9.69. The fourth-order valence-corrected chi connectivity index (χ4v) is 1.81. The minimum Gasteiger partial charge on any atom is -0.389 e. The van der Waals surface area contributed by atoms with Gasteiger partial charge in [-0.15, -0.1) is 0 Å². The number of anilines is 1. The first-order valence-corrected chi connectivity index (χ1v) is 7.23. The molecule has 1 unspecified atom stereocenters. The van der Waals surface area contributed by atoms with Gasteiger partial charge in [-0.05, 0) is 32.4 Å². The minimum atomic E-state index is -0.489. The highest BCUT2D eigenvalue weighted by atomic mass is 16.5. The molecule has 5 heteroatoms. The van der Waals surface area contributed by atoms with Crippen molar-refractivity contribution in [2.75, 3.05) is 44.4 Å². The third kappa shape index (κ3) is 5.86. The molecule has 1 heterocycles. The van der Waals surface area contributed by atoms with Gasteiger partial charge < -0.3 is 19.5 Å². The monoisotopic (exact) mass is 282 g/mol. The van der Waals surface area contributed by atoms with Crippen LogP contribution >= 0.6 is 0 Å². The summed E-state index contributed by atoms with van der Waals surface area (Å²) in [5.74, 6) is 0.883. The van der Waals surface area contributed by atoms with Crippen LogP contribution in [-0.2, 0) is 9.47 Å². The van der Waals surface area contributed by atoms with E-state index in [0.29, 0.717) is 26.4 Å². The average molecular weight is 282 g/mol. The van der Waals surface area contributed by atoms with Gasteiger partial charge in [0.15, 0.2) is 0 Å². The van der Waals surface area contributed by atoms with Crippen LogP contribution in [0.25, 0.3) is 0 Å². The molecule has 1 atom stereocenters. The predicted molar refractivity (Wildman–Crippen MR) is 80.1 cm³/mol. The topological polar surface area (TPSA) is 54.8 Å². The summed E-state index contributed by atoms with van der Waals surface area (Å²) >= 11 is 0. The van der Waals surface area contributed by atoms with Crippen LogP contribution in [0.4, 0.5) is 5.82 Å². The summed E-state index contributed by atoms with van der Waals surface area (Å²) < 4.78 is 10.8. The van der Waals surface area contributed by atoms with Crippen molar-refractivity contribution in [2.45, 2.75) is 26.9 Å². The number of rotatable bonds is 10. The Labute approximate surface area is 121 Å². The van der Waals surface area contributed by atoms with E-state index in [1.54, 1.807) is 13.1 Å². The summed E-state index contributed by atoms with van der Waals surface area (Å²) in [6, 6.07) is 3.83. The number of aliphatic hydroxyl groups excluding tert-OH is 1. The lowest BCUT2D eigenvalue weighted by Crippen LogP contribution is -2.31. The highest BCUT2D eigenvalue weighted by Crippen LogP contribution is 2.15. The summed E-state index contributed by atoms with van der Waals surface area (Å²) in [6.07, 6.45) is 1.23. The molecule has 0 saturated carbocycles. The Bertz CT molecular complexity index is 345. The minimum absolute atomic E-state index is 0.489. The fraction of sp³-hybridized carbons (Fsp3) is 0.667. The van der Waals surface area contributed by atoms with E-state index < -0.39 is 6.10 Å². The Morgan fingerprint density at radius 2 is 1.75 bits per heavy atom. The Kier molecular flexibility index (Phi) is 8.18. The lowest BCUT2D eigenvalue weighted by molar-refractivity contribution is 0.141. The molecule has 0 aromatic carbocycles. The Morgan fingerprint density at radius 1 is 1.15 bits per heavy atom. The van der Waals surface area contributed by atoms with Crippen LogP contribution in [-0.4, -0.2) is 49.6 Å². The van der Waals surface area contributed by atoms with Crippen LogP contribution in [0.5, 0.6) is 0 Å². The zero-order valence-electron chi connectivity index (χ0n) is 12.7. The predicted octanol–water partition coefficient (Wildman–Crippen LogP) is 2.01. The summed E-state index contributed by atoms with van der Waals surface area (Å²) in [6.45, 7) is 10.0. The number of aromatic nitrogens is 1. The van der Waals surface area contributed by atoms with E-state index in [9.17, 15) is 5.11 Å². The molecule has 1 aromatic rings. The molecule has 0 aliphatic carbocycles. The van der Waals surface area contributed by atoms with Gasteiger partial charge in [0.2, 0.25) is 0 Å². The lowest BCUT2D eigenvalue weighted by Gasteiger charge is -2.23. The molecule has 114 valence electrons. The molecular formula is C15H26N2O3. The third-order valence-corrected chi connectivity index (χ3v) is 3.00. The maximum Gasteiger partial charge on any atom is 0.128 e. The largest absolute Gasteiger partial charge is 0.389 e. The first-order valence-electron chi connectivity index (χ1n) is 7.23. The molecule has 5 nitrogen and oxygen atoms in total. The van der Waals surface area contributed by atoms with Crippen molar-refractivity contribution in [3.63, 3.8) is 0 Å². The van der Waals surface area contributed by atoms with E-state index >= 15 is 0 Å². The molecule has 20 heavy (non-hydrogen) atoms. The van der Waals surface area contributed by atoms with Gasteiger partial charge in [0.25, 0.3) is 0 Å². The molecule has 0 fully saturated rings. The molecule has 1 rings (SSSR count). The van der Waals surface area contributed by atoms with E-state index in [-0.39, 0.29) is 0 Å². The zero-order chi connectivity index (χ0) is 14.8. The Morgan fingerprint density at radius 3 is 2.15 bits per heavy atom. The second-order valence-corrected chi connectivity index (χ2v) is 4.51. The van der Waals surface area contributed by atoms with Gasteiger partial charge in [0.05, 0.1) is 19.3 Å². The van der Waals surface area contributed by atoms with E-state index in [1.807, 2.05) is 26.0 Å². The molecular weight excluding hydrogens is 256 g/mol. The van der Waals surface area contributed by atoms with Crippen LogP contribution < -0.4 is 4.90 Å².